The Balaban J connectivity index is 1.48. The van der Waals surface area contributed by atoms with E-state index in [0.717, 1.165) is 24.9 Å². The Morgan fingerprint density at radius 3 is 3.00 bits per heavy atom. The van der Waals surface area contributed by atoms with Gasteiger partial charge in [0.2, 0.25) is 0 Å². The summed E-state index contributed by atoms with van der Waals surface area (Å²) in [6, 6.07) is 8.03. The second-order valence-corrected chi connectivity index (χ2v) is 6.66. The zero-order chi connectivity index (χ0) is 15.1. The van der Waals surface area contributed by atoms with Crippen molar-refractivity contribution in [1.82, 2.24) is 19.9 Å². The van der Waals surface area contributed by atoms with Gasteiger partial charge in [0, 0.05) is 17.6 Å². The van der Waals surface area contributed by atoms with Crippen LogP contribution in [0, 0.1) is 5.92 Å². The molecule has 1 saturated heterocycles. The average molecular weight is 317 g/mol. The Labute approximate surface area is 133 Å². The number of halogens is 1. The molecule has 2 atom stereocenters. The second-order valence-electron chi connectivity index (χ2n) is 6.22. The van der Waals surface area contributed by atoms with Crippen molar-refractivity contribution < 1.29 is 4.79 Å². The third-order valence-electron chi connectivity index (χ3n) is 4.66. The van der Waals surface area contributed by atoms with E-state index in [-0.39, 0.29) is 5.91 Å². The van der Waals surface area contributed by atoms with Gasteiger partial charge in [-0.1, -0.05) is 28.9 Å². The van der Waals surface area contributed by atoms with Crippen molar-refractivity contribution in [3.8, 4) is 0 Å². The van der Waals surface area contributed by atoms with Crippen molar-refractivity contribution in [2.75, 3.05) is 6.54 Å². The number of likely N-dealkylation sites (tertiary alicyclic amines) is 1. The van der Waals surface area contributed by atoms with Crippen LogP contribution in [-0.4, -0.2) is 38.4 Å². The van der Waals surface area contributed by atoms with Crippen LogP contribution in [0.4, 0.5) is 0 Å². The minimum atomic E-state index is 0.0181. The van der Waals surface area contributed by atoms with Gasteiger partial charge in [-0.25, -0.2) is 4.68 Å². The van der Waals surface area contributed by atoms with E-state index in [1.807, 2.05) is 29.2 Å². The maximum Gasteiger partial charge on any atom is 0.276 e. The molecule has 1 aliphatic carbocycles. The molecular weight excluding hydrogens is 300 g/mol. The van der Waals surface area contributed by atoms with E-state index in [1.54, 1.807) is 10.9 Å². The highest BCUT2D eigenvalue weighted by Gasteiger charge is 2.41. The summed E-state index contributed by atoms with van der Waals surface area (Å²) < 4.78 is 1.69. The maximum absolute atomic E-state index is 12.5. The van der Waals surface area contributed by atoms with Crippen molar-refractivity contribution in [2.24, 2.45) is 5.92 Å². The van der Waals surface area contributed by atoms with Gasteiger partial charge in [-0.05, 0) is 42.9 Å². The van der Waals surface area contributed by atoms with Crippen molar-refractivity contribution in [1.29, 1.82) is 0 Å². The van der Waals surface area contributed by atoms with E-state index in [4.69, 9.17) is 11.6 Å². The molecule has 5 nitrogen and oxygen atoms in total. The highest BCUT2D eigenvalue weighted by atomic mass is 35.5. The normalized spacial score (nSPS) is 23.2. The Kier molecular flexibility index (Phi) is 3.37. The smallest absolute Gasteiger partial charge is 0.276 e. The van der Waals surface area contributed by atoms with E-state index >= 15 is 0 Å². The Bertz CT molecular complexity index is 714. The van der Waals surface area contributed by atoms with E-state index in [0.29, 0.717) is 29.2 Å². The summed E-state index contributed by atoms with van der Waals surface area (Å²) in [6.07, 6.45) is 5.28. The summed E-state index contributed by atoms with van der Waals surface area (Å²) in [6.45, 7) is 1.44. The van der Waals surface area contributed by atoms with Gasteiger partial charge in [0.05, 0.1) is 12.7 Å². The van der Waals surface area contributed by atoms with Crippen molar-refractivity contribution in [3.05, 3.63) is 46.7 Å². The number of amides is 1. The third-order valence-corrected chi connectivity index (χ3v) is 4.90. The van der Waals surface area contributed by atoms with Crippen LogP contribution in [0.3, 0.4) is 0 Å². The summed E-state index contributed by atoms with van der Waals surface area (Å²) in [7, 11) is 0. The monoisotopic (exact) mass is 316 g/mol. The molecule has 0 N–H and O–H groups in total. The molecule has 1 saturated carbocycles. The summed E-state index contributed by atoms with van der Waals surface area (Å²) in [5.41, 5.74) is 1.48. The number of hydrogen-bond acceptors (Lipinski definition) is 3. The summed E-state index contributed by atoms with van der Waals surface area (Å²) in [5, 5.41) is 8.82. The zero-order valence-corrected chi connectivity index (χ0v) is 12.9. The molecule has 0 unspecified atom stereocenters. The molecule has 4 rings (SSSR count). The van der Waals surface area contributed by atoms with Crippen LogP contribution in [-0.2, 0) is 6.54 Å². The Morgan fingerprint density at radius 1 is 1.36 bits per heavy atom. The fourth-order valence-corrected chi connectivity index (χ4v) is 3.83. The third kappa shape index (κ3) is 2.50. The quantitative estimate of drug-likeness (QED) is 0.874. The highest BCUT2D eigenvalue weighted by Crippen LogP contribution is 2.37. The van der Waals surface area contributed by atoms with Crippen LogP contribution < -0.4 is 0 Å². The first kappa shape index (κ1) is 13.8. The molecule has 2 aliphatic rings. The molecule has 1 aromatic heterocycles. The van der Waals surface area contributed by atoms with Crippen molar-refractivity contribution >= 4 is 17.5 Å². The van der Waals surface area contributed by atoms with E-state index < -0.39 is 0 Å². The van der Waals surface area contributed by atoms with E-state index in [2.05, 4.69) is 10.3 Å². The molecule has 0 radical (unpaired) electrons. The molecular formula is C16H17ClN4O. The number of aromatic nitrogens is 3. The lowest BCUT2D eigenvalue weighted by Gasteiger charge is -2.25. The van der Waals surface area contributed by atoms with Crippen LogP contribution in [0.15, 0.2) is 30.5 Å². The highest BCUT2D eigenvalue weighted by molar-refractivity contribution is 6.30. The minimum Gasteiger partial charge on any atom is -0.334 e. The molecule has 114 valence electrons. The fourth-order valence-electron chi connectivity index (χ4n) is 3.62. The maximum atomic E-state index is 12.5. The molecule has 1 aliphatic heterocycles. The summed E-state index contributed by atoms with van der Waals surface area (Å²) >= 11 is 5.98. The summed E-state index contributed by atoms with van der Waals surface area (Å²) in [5.74, 6) is 0.708. The standard InChI is InChI=1S/C16H17ClN4O/c17-13-3-1-2-11(6-13)8-20-10-15(18-19-20)16(22)21-9-12-4-5-14(21)7-12/h1-3,6,10,12,14H,4-5,7-9H2/t12-,14-/m0/s1. The number of carbonyl (C=O) groups is 1. The van der Waals surface area contributed by atoms with Crippen LogP contribution in [0.2, 0.25) is 5.02 Å². The van der Waals surface area contributed by atoms with Gasteiger partial charge in [0.25, 0.3) is 5.91 Å². The molecule has 22 heavy (non-hydrogen) atoms. The molecule has 1 aromatic carbocycles. The first-order valence-electron chi connectivity index (χ1n) is 7.64. The predicted molar refractivity (Wildman–Crippen MR) is 82.7 cm³/mol. The lowest BCUT2D eigenvalue weighted by atomic mass is 10.1. The topological polar surface area (TPSA) is 51.0 Å². The number of nitrogens with zero attached hydrogens (tertiary/aromatic N) is 4. The van der Waals surface area contributed by atoms with Crippen LogP contribution in [0.5, 0.6) is 0 Å². The molecule has 0 spiro atoms. The average Bonchev–Trinajstić information content (AvgIpc) is 3.22. The van der Waals surface area contributed by atoms with Gasteiger partial charge >= 0.3 is 0 Å². The molecule has 2 heterocycles. The van der Waals surface area contributed by atoms with Crippen molar-refractivity contribution in [2.45, 2.75) is 31.8 Å². The van der Waals surface area contributed by atoms with Gasteiger partial charge < -0.3 is 4.90 Å². The number of piperidine rings is 1. The van der Waals surface area contributed by atoms with Gasteiger partial charge in [-0.15, -0.1) is 5.10 Å². The molecule has 2 bridgehead atoms. The first-order chi connectivity index (χ1) is 10.7. The van der Waals surface area contributed by atoms with Crippen LogP contribution >= 0.6 is 11.6 Å². The minimum absolute atomic E-state index is 0.0181. The predicted octanol–water partition coefficient (Wildman–Crippen LogP) is 2.60. The Hall–Kier alpha value is -1.88. The van der Waals surface area contributed by atoms with E-state index in [9.17, 15) is 4.79 Å². The molecule has 1 amide bonds. The van der Waals surface area contributed by atoms with Gasteiger partial charge in [0.15, 0.2) is 5.69 Å². The summed E-state index contributed by atoms with van der Waals surface area (Å²) in [4.78, 5) is 14.5. The van der Waals surface area contributed by atoms with Crippen LogP contribution in [0.25, 0.3) is 0 Å². The zero-order valence-electron chi connectivity index (χ0n) is 12.2. The molecule has 2 fully saturated rings. The first-order valence-corrected chi connectivity index (χ1v) is 8.02. The van der Waals surface area contributed by atoms with Gasteiger partial charge in [-0.2, -0.15) is 0 Å². The number of rotatable bonds is 3. The number of benzene rings is 1. The lowest BCUT2D eigenvalue weighted by Crippen LogP contribution is -2.37. The van der Waals surface area contributed by atoms with Gasteiger partial charge in [0.1, 0.15) is 0 Å². The molecule has 6 heteroatoms. The number of fused-ring (bicyclic) bond motifs is 2. The number of hydrogen-bond donors (Lipinski definition) is 0. The van der Waals surface area contributed by atoms with E-state index in [1.165, 1.54) is 6.42 Å². The number of carbonyl (C=O) groups excluding carboxylic acids is 1. The van der Waals surface area contributed by atoms with Gasteiger partial charge in [-0.3, -0.25) is 4.79 Å². The second kappa shape index (κ2) is 5.39. The van der Waals surface area contributed by atoms with Crippen molar-refractivity contribution in [3.63, 3.8) is 0 Å². The fraction of sp³-hybridized carbons (Fsp3) is 0.438. The SMILES string of the molecule is O=C(c1cn(Cc2cccc(Cl)c2)nn1)N1C[C@H]2CC[C@H]1C2. The Morgan fingerprint density at radius 2 is 2.27 bits per heavy atom. The lowest BCUT2D eigenvalue weighted by molar-refractivity contribution is 0.0697. The molecule has 2 aromatic rings. The van der Waals surface area contributed by atoms with Crippen LogP contribution in [0.1, 0.15) is 35.3 Å². The largest absolute Gasteiger partial charge is 0.334 e.